The average molecular weight is 381 g/mol. The lowest BCUT2D eigenvalue weighted by Crippen LogP contribution is -2.92. The molecule has 1 aliphatic rings. The van der Waals surface area contributed by atoms with Gasteiger partial charge in [-0.15, -0.1) is 0 Å². The number of rotatable bonds is 6. The SMILES string of the molecule is CC(C)Cc1ccc([C@H](C)[NH2+][C@H](C)C(=O)N2CC(=O)Nc3ccccc32)cc1. The second kappa shape index (κ2) is 8.57. The number of nitrogens with one attached hydrogen (secondary N) is 1. The Morgan fingerprint density at radius 1 is 1.07 bits per heavy atom. The molecule has 28 heavy (non-hydrogen) atoms. The number of benzene rings is 2. The van der Waals surface area contributed by atoms with E-state index in [9.17, 15) is 9.59 Å². The summed E-state index contributed by atoms with van der Waals surface area (Å²) in [4.78, 5) is 26.7. The summed E-state index contributed by atoms with van der Waals surface area (Å²) in [5, 5.41) is 4.89. The lowest BCUT2D eigenvalue weighted by molar-refractivity contribution is -0.710. The topological polar surface area (TPSA) is 66.0 Å². The van der Waals surface area contributed by atoms with Crippen molar-refractivity contribution in [3.05, 3.63) is 59.7 Å². The van der Waals surface area contributed by atoms with Crippen molar-refractivity contribution in [1.82, 2.24) is 0 Å². The molecule has 3 N–H and O–H groups in total. The molecule has 0 spiro atoms. The average Bonchev–Trinajstić information content (AvgIpc) is 2.66. The second-order valence-corrected chi connectivity index (χ2v) is 8.10. The molecule has 0 saturated carbocycles. The zero-order valence-electron chi connectivity index (χ0n) is 17.1. The zero-order chi connectivity index (χ0) is 20.3. The highest BCUT2D eigenvalue weighted by atomic mass is 16.2. The monoisotopic (exact) mass is 380 g/mol. The molecule has 0 bridgehead atoms. The third-order valence-electron chi connectivity index (χ3n) is 5.15. The largest absolute Gasteiger partial charge is 0.330 e. The summed E-state index contributed by atoms with van der Waals surface area (Å²) >= 11 is 0. The van der Waals surface area contributed by atoms with Crippen LogP contribution in [0, 0.1) is 5.92 Å². The van der Waals surface area contributed by atoms with Crippen LogP contribution in [0.4, 0.5) is 11.4 Å². The number of amides is 2. The van der Waals surface area contributed by atoms with E-state index in [4.69, 9.17) is 0 Å². The zero-order valence-corrected chi connectivity index (χ0v) is 17.1. The Kier molecular flexibility index (Phi) is 6.15. The quantitative estimate of drug-likeness (QED) is 0.809. The maximum absolute atomic E-state index is 13.1. The molecule has 0 radical (unpaired) electrons. The number of carbonyl (C=O) groups excluding carboxylic acids is 2. The van der Waals surface area contributed by atoms with Crippen LogP contribution in [0.5, 0.6) is 0 Å². The Bertz CT molecular complexity index is 845. The molecule has 2 atom stereocenters. The summed E-state index contributed by atoms with van der Waals surface area (Å²) < 4.78 is 0. The molecule has 5 nitrogen and oxygen atoms in total. The van der Waals surface area contributed by atoms with Gasteiger partial charge >= 0.3 is 0 Å². The summed E-state index contributed by atoms with van der Waals surface area (Å²) in [7, 11) is 0. The van der Waals surface area contributed by atoms with Gasteiger partial charge in [-0.3, -0.25) is 14.5 Å². The number of fused-ring (bicyclic) bond motifs is 1. The molecule has 148 valence electrons. The number of carbonyl (C=O) groups is 2. The van der Waals surface area contributed by atoms with E-state index in [1.807, 2.05) is 31.2 Å². The third-order valence-corrected chi connectivity index (χ3v) is 5.15. The van der Waals surface area contributed by atoms with Crippen LogP contribution in [-0.2, 0) is 16.0 Å². The molecular formula is C23H30N3O2+. The Morgan fingerprint density at radius 2 is 1.75 bits per heavy atom. The van der Waals surface area contributed by atoms with Gasteiger partial charge in [-0.25, -0.2) is 0 Å². The van der Waals surface area contributed by atoms with Crippen LogP contribution in [0.2, 0.25) is 0 Å². The molecule has 0 saturated heterocycles. The van der Waals surface area contributed by atoms with Gasteiger partial charge in [-0.1, -0.05) is 50.2 Å². The van der Waals surface area contributed by atoms with E-state index in [-0.39, 0.29) is 30.4 Å². The fraction of sp³-hybridized carbons (Fsp3) is 0.391. The van der Waals surface area contributed by atoms with Gasteiger partial charge in [0, 0.05) is 5.56 Å². The fourth-order valence-corrected chi connectivity index (χ4v) is 3.73. The van der Waals surface area contributed by atoms with E-state index < -0.39 is 0 Å². The van der Waals surface area contributed by atoms with Gasteiger partial charge in [0.1, 0.15) is 12.6 Å². The van der Waals surface area contributed by atoms with Crippen LogP contribution in [0.25, 0.3) is 0 Å². The van der Waals surface area contributed by atoms with Gasteiger partial charge in [0.25, 0.3) is 5.91 Å². The molecule has 1 aliphatic heterocycles. The van der Waals surface area contributed by atoms with Gasteiger partial charge in [0.15, 0.2) is 6.04 Å². The van der Waals surface area contributed by atoms with E-state index >= 15 is 0 Å². The molecule has 0 unspecified atom stereocenters. The summed E-state index contributed by atoms with van der Waals surface area (Å²) in [6, 6.07) is 16.0. The summed E-state index contributed by atoms with van der Waals surface area (Å²) in [5.41, 5.74) is 3.99. The molecule has 2 amide bonds. The Labute approximate surface area is 167 Å². The van der Waals surface area contributed by atoms with Gasteiger partial charge in [0.05, 0.1) is 11.4 Å². The van der Waals surface area contributed by atoms with Gasteiger partial charge in [0.2, 0.25) is 5.91 Å². The van der Waals surface area contributed by atoms with Gasteiger partial charge in [-0.2, -0.15) is 0 Å². The van der Waals surface area contributed by atoms with Crippen molar-refractivity contribution in [1.29, 1.82) is 0 Å². The minimum absolute atomic E-state index is 0.0504. The predicted octanol–water partition coefficient (Wildman–Crippen LogP) is 2.88. The maximum atomic E-state index is 13.1. The molecule has 0 fully saturated rings. The summed E-state index contributed by atoms with van der Waals surface area (Å²) in [6.07, 6.45) is 1.07. The van der Waals surface area contributed by atoms with E-state index in [0.29, 0.717) is 11.6 Å². The number of nitrogens with two attached hydrogens (primary N) is 1. The van der Waals surface area contributed by atoms with Crippen LogP contribution >= 0.6 is 0 Å². The molecule has 0 aliphatic carbocycles. The lowest BCUT2D eigenvalue weighted by Gasteiger charge is -2.30. The van der Waals surface area contributed by atoms with Crippen LogP contribution < -0.4 is 15.5 Å². The smallest absolute Gasteiger partial charge is 0.285 e. The summed E-state index contributed by atoms with van der Waals surface area (Å²) in [6.45, 7) is 8.51. The Morgan fingerprint density at radius 3 is 2.43 bits per heavy atom. The first-order valence-electron chi connectivity index (χ1n) is 9.99. The lowest BCUT2D eigenvalue weighted by atomic mass is 9.99. The minimum atomic E-state index is -0.288. The molecule has 2 aromatic carbocycles. The van der Waals surface area contributed by atoms with Crippen LogP contribution in [0.3, 0.4) is 0 Å². The van der Waals surface area contributed by atoms with Crippen molar-refractivity contribution in [3.8, 4) is 0 Å². The minimum Gasteiger partial charge on any atom is -0.330 e. The standard InChI is InChI=1S/C23H29N3O2/c1-15(2)13-18-9-11-19(12-10-18)16(3)24-17(4)23(28)26-14-22(27)25-20-7-5-6-8-21(20)26/h5-12,15-17,24H,13-14H2,1-4H3,(H,25,27)/p+1/t16-,17+/m0/s1. The van der Waals surface area contributed by atoms with E-state index in [2.05, 4.69) is 55.7 Å². The number of nitrogens with zero attached hydrogens (tertiary/aromatic N) is 1. The van der Waals surface area contributed by atoms with Crippen molar-refractivity contribution >= 4 is 23.2 Å². The first-order valence-corrected chi connectivity index (χ1v) is 9.99. The predicted molar refractivity (Wildman–Crippen MR) is 112 cm³/mol. The van der Waals surface area contributed by atoms with Gasteiger partial charge < -0.3 is 10.6 Å². The number of anilines is 2. The van der Waals surface area contributed by atoms with Crippen molar-refractivity contribution in [2.24, 2.45) is 5.92 Å². The fourth-order valence-electron chi connectivity index (χ4n) is 3.73. The highest BCUT2D eigenvalue weighted by Crippen LogP contribution is 2.29. The highest BCUT2D eigenvalue weighted by Gasteiger charge is 2.32. The molecule has 5 heteroatoms. The number of hydrogen-bond donors (Lipinski definition) is 2. The van der Waals surface area contributed by atoms with Crippen molar-refractivity contribution < 1.29 is 14.9 Å². The number of quaternary nitrogens is 1. The molecule has 0 aromatic heterocycles. The normalized spacial score (nSPS) is 15.8. The van der Waals surface area contributed by atoms with Crippen molar-refractivity contribution in [3.63, 3.8) is 0 Å². The molecule has 1 heterocycles. The third kappa shape index (κ3) is 4.60. The molecular weight excluding hydrogens is 350 g/mol. The maximum Gasteiger partial charge on any atom is 0.285 e. The Balaban J connectivity index is 1.68. The number of para-hydroxylation sites is 2. The second-order valence-electron chi connectivity index (χ2n) is 8.10. The van der Waals surface area contributed by atoms with E-state index in [1.54, 1.807) is 4.90 Å². The van der Waals surface area contributed by atoms with E-state index in [0.717, 1.165) is 12.1 Å². The van der Waals surface area contributed by atoms with Crippen molar-refractivity contribution in [2.45, 2.75) is 46.2 Å². The molecule has 2 aromatic rings. The summed E-state index contributed by atoms with van der Waals surface area (Å²) in [5.74, 6) is 0.427. The van der Waals surface area contributed by atoms with Crippen LogP contribution in [0.15, 0.2) is 48.5 Å². The van der Waals surface area contributed by atoms with Crippen molar-refractivity contribution in [2.75, 3.05) is 16.8 Å². The highest BCUT2D eigenvalue weighted by molar-refractivity contribution is 6.10. The van der Waals surface area contributed by atoms with Crippen LogP contribution in [0.1, 0.15) is 44.9 Å². The first-order chi connectivity index (χ1) is 13.3. The molecule has 3 rings (SSSR count). The first kappa shape index (κ1) is 20.1. The number of hydrogen-bond acceptors (Lipinski definition) is 2. The van der Waals surface area contributed by atoms with Crippen LogP contribution in [-0.4, -0.2) is 24.4 Å². The van der Waals surface area contributed by atoms with Gasteiger partial charge in [-0.05, 0) is 43.9 Å². The Hall–Kier alpha value is -2.66. The van der Waals surface area contributed by atoms with E-state index in [1.165, 1.54) is 11.1 Å².